The highest BCUT2D eigenvalue weighted by atomic mass is 32.1. The maximum absolute atomic E-state index is 12.4. The van der Waals surface area contributed by atoms with Crippen LogP contribution in [-0.4, -0.2) is 30.5 Å². The van der Waals surface area contributed by atoms with E-state index < -0.39 is 5.97 Å². The van der Waals surface area contributed by atoms with Gasteiger partial charge in [-0.15, -0.1) is 11.3 Å². The number of carbonyl (C=O) groups is 2. The van der Waals surface area contributed by atoms with Crippen LogP contribution in [0.5, 0.6) is 0 Å². The van der Waals surface area contributed by atoms with Crippen molar-refractivity contribution in [1.29, 1.82) is 0 Å². The average molecular weight is 290 g/mol. The van der Waals surface area contributed by atoms with Crippen molar-refractivity contribution in [3.63, 3.8) is 0 Å². The molecule has 1 amide bonds. The molecule has 0 saturated heterocycles. The first-order valence-corrected chi connectivity index (χ1v) is 7.00. The minimum absolute atomic E-state index is 0.231. The van der Waals surface area contributed by atoms with Crippen LogP contribution in [0, 0.1) is 0 Å². The molecule has 0 aliphatic heterocycles. The molecule has 2 rings (SSSR count). The highest BCUT2D eigenvalue weighted by Gasteiger charge is 2.22. The van der Waals surface area contributed by atoms with Crippen LogP contribution in [0.25, 0.3) is 0 Å². The molecule has 0 unspecified atom stereocenters. The highest BCUT2D eigenvalue weighted by Crippen LogP contribution is 2.23. The maximum atomic E-state index is 12.4. The standard InChI is InChI=1S/C14H14N2O3S/c1-3-16(13(17)11-8-20-9-15-11)12-7-5-4-6-10(12)14(18)19-2/h4-9H,3H2,1-2H3. The molecule has 0 aliphatic carbocycles. The van der Waals surface area contributed by atoms with E-state index in [1.165, 1.54) is 23.3 Å². The number of thiazole rings is 1. The zero-order chi connectivity index (χ0) is 14.5. The van der Waals surface area contributed by atoms with E-state index in [0.29, 0.717) is 23.5 Å². The zero-order valence-electron chi connectivity index (χ0n) is 11.2. The van der Waals surface area contributed by atoms with Gasteiger partial charge < -0.3 is 9.64 Å². The van der Waals surface area contributed by atoms with E-state index in [2.05, 4.69) is 4.98 Å². The summed E-state index contributed by atoms with van der Waals surface area (Å²) < 4.78 is 4.75. The van der Waals surface area contributed by atoms with Gasteiger partial charge in [0, 0.05) is 11.9 Å². The predicted octanol–water partition coefficient (Wildman–Crippen LogP) is 2.60. The molecule has 104 valence electrons. The van der Waals surface area contributed by atoms with Crippen LogP contribution in [0.4, 0.5) is 5.69 Å². The Morgan fingerprint density at radius 1 is 1.35 bits per heavy atom. The van der Waals surface area contributed by atoms with Crippen molar-refractivity contribution in [2.24, 2.45) is 0 Å². The number of hydrogen-bond acceptors (Lipinski definition) is 5. The van der Waals surface area contributed by atoms with E-state index in [0.717, 1.165) is 0 Å². The second kappa shape index (κ2) is 6.29. The van der Waals surface area contributed by atoms with E-state index in [9.17, 15) is 9.59 Å². The summed E-state index contributed by atoms with van der Waals surface area (Å²) >= 11 is 1.36. The Bertz CT molecular complexity index is 611. The molecule has 0 saturated carbocycles. The number of rotatable bonds is 4. The summed E-state index contributed by atoms with van der Waals surface area (Å²) in [5, 5.41) is 1.69. The third kappa shape index (κ3) is 2.70. The SMILES string of the molecule is CCN(C(=O)c1cscn1)c1ccccc1C(=O)OC. The Kier molecular flexibility index (Phi) is 4.47. The van der Waals surface area contributed by atoms with Crippen LogP contribution in [0.15, 0.2) is 35.2 Å². The quantitative estimate of drug-likeness (QED) is 0.812. The molecule has 20 heavy (non-hydrogen) atoms. The second-order valence-electron chi connectivity index (χ2n) is 3.93. The fraction of sp³-hybridized carbons (Fsp3) is 0.214. The van der Waals surface area contributed by atoms with E-state index >= 15 is 0 Å². The van der Waals surface area contributed by atoms with Crippen molar-refractivity contribution in [1.82, 2.24) is 4.98 Å². The molecule has 1 aromatic carbocycles. The summed E-state index contributed by atoms with van der Waals surface area (Å²) in [6, 6.07) is 6.87. The fourth-order valence-corrected chi connectivity index (χ4v) is 2.40. The summed E-state index contributed by atoms with van der Waals surface area (Å²) in [6.07, 6.45) is 0. The van der Waals surface area contributed by atoms with E-state index in [1.807, 2.05) is 6.92 Å². The average Bonchev–Trinajstić information content (AvgIpc) is 3.02. The van der Waals surface area contributed by atoms with E-state index in [4.69, 9.17) is 4.74 Å². The van der Waals surface area contributed by atoms with Gasteiger partial charge in [0.05, 0.1) is 23.9 Å². The molecule has 0 atom stereocenters. The lowest BCUT2D eigenvalue weighted by Gasteiger charge is -2.22. The van der Waals surface area contributed by atoms with Crippen LogP contribution >= 0.6 is 11.3 Å². The Morgan fingerprint density at radius 3 is 2.70 bits per heavy atom. The van der Waals surface area contributed by atoms with Gasteiger partial charge in [0.25, 0.3) is 5.91 Å². The van der Waals surface area contributed by atoms with Crippen molar-refractivity contribution < 1.29 is 14.3 Å². The van der Waals surface area contributed by atoms with Crippen molar-refractivity contribution >= 4 is 28.9 Å². The van der Waals surface area contributed by atoms with Crippen molar-refractivity contribution in [2.45, 2.75) is 6.92 Å². The number of esters is 1. The number of nitrogens with zero attached hydrogens (tertiary/aromatic N) is 2. The number of amides is 1. The van der Waals surface area contributed by atoms with Crippen LogP contribution in [0.1, 0.15) is 27.8 Å². The second-order valence-corrected chi connectivity index (χ2v) is 4.65. The summed E-state index contributed by atoms with van der Waals surface area (Å²) in [6.45, 7) is 2.28. The fourth-order valence-electron chi connectivity index (χ4n) is 1.87. The normalized spacial score (nSPS) is 10.1. The molecule has 0 spiro atoms. The van der Waals surface area contributed by atoms with Gasteiger partial charge in [0.2, 0.25) is 0 Å². The molecule has 1 aromatic heterocycles. The van der Waals surface area contributed by atoms with Gasteiger partial charge >= 0.3 is 5.97 Å². The molecule has 1 heterocycles. The molecule has 0 N–H and O–H groups in total. The molecule has 0 aliphatic rings. The van der Waals surface area contributed by atoms with Crippen LogP contribution in [0.3, 0.4) is 0 Å². The monoisotopic (exact) mass is 290 g/mol. The van der Waals surface area contributed by atoms with Crippen LogP contribution < -0.4 is 4.90 Å². The van der Waals surface area contributed by atoms with Crippen LogP contribution in [0.2, 0.25) is 0 Å². The third-order valence-corrected chi connectivity index (χ3v) is 3.40. The van der Waals surface area contributed by atoms with Gasteiger partial charge in [-0.05, 0) is 19.1 Å². The molecule has 2 aromatic rings. The first-order chi connectivity index (χ1) is 9.69. The van der Waals surface area contributed by atoms with Crippen molar-refractivity contribution in [3.8, 4) is 0 Å². The first-order valence-electron chi connectivity index (χ1n) is 6.06. The number of methoxy groups -OCH3 is 1. The van der Waals surface area contributed by atoms with Crippen molar-refractivity contribution in [3.05, 3.63) is 46.4 Å². The van der Waals surface area contributed by atoms with E-state index in [-0.39, 0.29) is 5.91 Å². The zero-order valence-corrected chi connectivity index (χ0v) is 12.0. The van der Waals surface area contributed by atoms with Gasteiger partial charge in [-0.1, -0.05) is 12.1 Å². The molecule has 0 bridgehead atoms. The molecular formula is C14H14N2O3S. The Labute approximate surface area is 120 Å². The number of carbonyl (C=O) groups excluding carboxylic acids is 2. The lowest BCUT2D eigenvalue weighted by atomic mass is 10.1. The van der Waals surface area contributed by atoms with Gasteiger partial charge in [0.1, 0.15) is 5.69 Å². The first kappa shape index (κ1) is 14.2. The highest BCUT2D eigenvalue weighted by molar-refractivity contribution is 7.07. The maximum Gasteiger partial charge on any atom is 0.339 e. The lowest BCUT2D eigenvalue weighted by molar-refractivity contribution is 0.0601. The number of para-hydroxylation sites is 1. The lowest BCUT2D eigenvalue weighted by Crippen LogP contribution is -2.32. The van der Waals surface area contributed by atoms with Gasteiger partial charge in [0.15, 0.2) is 0 Å². The van der Waals surface area contributed by atoms with E-state index in [1.54, 1.807) is 35.2 Å². The van der Waals surface area contributed by atoms with Gasteiger partial charge in [-0.2, -0.15) is 0 Å². The van der Waals surface area contributed by atoms with Gasteiger partial charge in [-0.25, -0.2) is 9.78 Å². The minimum atomic E-state index is -0.467. The summed E-state index contributed by atoms with van der Waals surface area (Å²) in [7, 11) is 1.32. The number of ether oxygens (including phenoxy) is 1. The number of aromatic nitrogens is 1. The minimum Gasteiger partial charge on any atom is -0.465 e. The molecule has 5 nitrogen and oxygen atoms in total. The largest absolute Gasteiger partial charge is 0.465 e. The predicted molar refractivity (Wildman–Crippen MR) is 77.2 cm³/mol. The summed E-state index contributed by atoms with van der Waals surface area (Å²) in [5.74, 6) is -0.699. The van der Waals surface area contributed by atoms with Crippen LogP contribution in [-0.2, 0) is 4.74 Å². The number of anilines is 1. The summed E-state index contributed by atoms with van der Waals surface area (Å²) in [5.41, 5.74) is 2.87. The topological polar surface area (TPSA) is 59.5 Å². The third-order valence-electron chi connectivity index (χ3n) is 2.81. The molecule has 0 radical (unpaired) electrons. The number of hydrogen-bond donors (Lipinski definition) is 0. The summed E-state index contributed by atoms with van der Waals surface area (Å²) in [4.78, 5) is 29.7. The Balaban J connectivity index is 2.42. The Morgan fingerprint density at radius 2 is 2.10 bits per heavy atom. The number of benzene rings is 1. The molecular weight excluding hydrogens is 276 g/mol. The molecule has 6 heteroatoms. The van der Waals surface area contributed by atoms with Crippen molar-refractivity contribution in [2.75, 3.05) is 18.6 Å². The smallest absolute Gasteiger partial charge is 0.339 e. The Hall–Kier alpha value is -2.21. The molecule has 0 fully saturated rings. The van der Waals surface area contributed by atoms with Gasteiger partial charge in [-0.3, -0.25) is 4.79 Å².